The molecule has 1 saturated carbocycles. The van der Waals surface area contributed by atoms with Crippen molar-refractivity contribution in [3.8, 4) is 0 Å². The Labute approximate surface area is 94.4 Å². The van der Waals surface area contributed by atoms with Crippen molar-refractivity contribution in [2.45, 2.75) is 20.0 Å². The fourth-order valence-corrected chi connectivity index (χ4v) is 1.74. The summed E-state index contributed by atoms with van der Waals surface area (Å²) in [5.41, 5.74) is 0.968. The van der Waals surface area contributed by atoms with E-state index in [0.717, 1.165) is 5.56 Å². The molecule has 0 saturated heterocycles. The van der Waals surface area contributed by atoms with Gasteiger partial charge in [0.1, 0.15) is 12.4 Å². The Balaban J connectivity index is 1.80. The van der Waals surface area contributed by atoms with Crippen LogP contribution in [-0.4, -0.2) is 11.8 Å². The Kier molecular flexibility index (Phi) is 3.04. The number of ketones is 1. The predicted octanol–water partition coefficient (Wildman–Crippen LogP) is 1.95. The van der Waals surface area contributed by atoms with Crippen molar-refractivity contribution in [3.05, 3.63) is 35.9 Å². The van der Waals surface area contributed by atoms with Crippen LogP contribution < -0.4 is 0 Å². The highest BCUT2D eigenvalue weighted by atomic mass is 16.5. The molecule has 3 heteroatoms. The summed E-state index contributed by atoms with van der Waals surface area (Å²) in [4.78, 5) is 22.5. The quantitative estimate of drug-likeness (QED) is 0.725. The molecule has 0 amide bonds. The molecule has 0 aliphatic heterocycles. The van der Waals surface area contributed by atoms with Crippen molar-refractivity contribution in [1.82, 2.24) is 0 Å². The summed E-state index contributed by atoms with van der Waals surface area (Å²) in [6, 6.07) is 9.53. The number of carbonyl (C=O) groups is 2. The van der Waals surface area contributed by atoms with Crippen molar-refractivity contribution >= 4 is 11.8 Å². The third kappa shape index (κ3) is 2.48. The molecule has 0 aromatic heterocycles. The lowest BCUT2D eigenvalue weighted by molar-refractivity contribution is -0.147. The van der Waals surface area contributed by atoms with E-state index in [1.54, 1.807) is 0 Å². The molecule has 1 aromatic rings. The van der Waals surface area contributed by atoms with Gasteiger partial charge >= 0.3 is 5.97 Å². The van der Waals surface area contributed by atoms with Crippen LogP contribution in [0.3, 0.4) is 0 Å². The SMILES string of the molecule is CC(=O)C1CC1C(=O)OCc1ccccc1. The Bertz CT molecular complexity index is 397. The van der Waals surface area contributed by atoms with Crippen LogP contribution in [0.5, 0.6) is 0 Å². The van der Waals surface area contributed by atoms with Crippen molar-refractivity contribution in [1.29, 1.82) is 0 Å². The highest BCUT2D eigenvalue weighted by Crippen LogP contribution is 2.40. The van der Waals surface area contributed by atoms with Crippen molar-refractivity contribution < 1.29 is 14.3 Å². The molecule has 0 heterocycles. The maximum atomic E-state index is 11.5. The average Bonchev–Trinajstić information content (AvgIpc) is 3.07. The molecule has 2 unspecified atom stereocenters. The molecule has 1 aliphatic rings. The van der Waals surface area contributed by atoms with Crippen LogP contribution in [0.2, 0.25) is 0 Å². The maximum Gasteiger partial charge on any atom is 0.310 e. The molecule has 0 radical (unpaired) electrons. The lowest BCUT2D eigenvalue weighted by Crippen LogP contribution is -2.10. The largest absolute Gasteiger partial charge is 0.461 e. The minimum Gasteiger partial charge on any atom is -0.461 e. The third-order valence-corrected chi connectivity index (χ3v) is 2.84. The number of hydrogen-bond acceptors (Lipinski definition) is 3. The molecule has 0 spiro atoms. The second-order valence-electron chi connectivity index (χ2n) is 4.15. The molecular weight excluding hydrogens is 204 g/mol. The standard InChI is InChI=1S/C13H14O3/c1-9(14)11-7-12(11)13(15)16-8-10-5-3-2-4-6-10/h2-6,11-12H,7-8H2,1H3. The Morgan fingerprint density at radius 1 is 1.25 bits per heavy atom. The summed E-state index contributed by atoms with van der Waals surface area (Å²) in [5, 5.41) is 0. The van der Waals surface area contributed by atoms with Gasteiger partial charge in [-0.05, 0) is 18.9 Å². The number of ether oxygens (including phenoxy) is 1. The minimum atomic E-state index is -0.246. The van der Waals surface area contributed by atoms with E-state index in [1.165, 1.54) is 6.92 Å². The lowest BCUT2D eigenvalue weighted by Gasteiger charge is -2.03. The van der Waals surface area contributed by atoms with Crippen LogP contribution in [0.15, 0.2) is 30.3 Å². The van der Waals surface area contributed by atoms with Crippen LogP contribution in [0.4, 0.5) is 0 Å². The zero-order valence-corrected chi connectivity index (χ0v) is 9.18. The van der Waals surface area contributed by atoms with E-state index < -0.39 is 0 Å². The average molecular weight is 218 g/mol. The van der Waals surface area contributed by atoms with Gasteiger partial charge in [-0.1, -0.05) is 30.3 Å². The van der Waals surface area contributed by atoms with Crippen LogP contribution in [0, 0.1) is 11.8 Å². The van der Waals surface area contributed by atoms with Crippen molar-refractivity contribution in [2.24, 2.45) is 11.8 Å². The summed E-state index contributed by atoms with van der Waals surface area (Å²) in [6.07, 6.45) is 0.656. The van der Waals surface area contributed by atoms with Gasteiger partial charge in [0.25, 0.3) is 0 Å². The molecule has 1 aromatic carbocycles. The zero-order valence-electron chi connectivity index (χ0n) is 9.18. The fourth-order valence-electron chi connectivity index (χ4n) is 1.74. The highest BCUT2D eigenvalue weighted by Gasteiger charge is 2.47. The van der Waals surface area contributed by atoms with E-state index in [1.807, 2.05) is 30.3 Å². The second kappa shape index (κ2) is 4.47. The molecule has 16 heavy (non-hydrogen) atoms. The second-order valence-corrected chi connectivity index (χ2v) is 4.15. The van der Waals surface area contributed by atoms with Gasteiger partial charge < -0.3 is 4.74 Å². The van der Waals surface area contributed by atoms with E-state index >= 15 is 0 Å². The van der Waals surface area contributed by atoms with E-state index in [2.05, 4.69) is 0 Å². The summed E-state index contributed by atoms with van der Waals surface area (Å²) >= 11 is 0. The van der Waals surface area contributed by atoms with Crippen molar-refractivity contribution in [2.75, 3.05) is 0 Å². The monoisotopic (exact) mass is 218 g/mol. The van der Waals surface area contributed by atoms with Gasteiger partial charge in [0, 0.05) is 5.92 Å². The van der Waals surface area contributed by atoms with E-state index in [-0.39, 0.29) is 23.6 Å². The molecule has 1 fully saturated rings. The number of benzene rings is 1. The first kappa shape index (κ1) is 10.9. The van der Waals surface area contributed by atoms with Crippen LogP contribution in [-0.2, 0) is 20.9 Å². The van der Waals surface area contributed by atoms with Crippen LogP contribution >= 0.6 is 0 Å². The van der Waals surface area contributed by atoms with E-state index in [9.17, 15) is 9.59 Å². The number of esters is 1. The first-order valence-electron chi connectivity index (χ1n) is 5.39. The van der Waals surface area contributed by atoms with Crippen LogP contribution in [0.1, 0.15) is 18.9 Å². The first-order chi connectivity index (χ1) is 7.68. The summed E-state index contributed by atoms with van der Waals surface area (Å²) in [7, 11) is 0. The molecular formula is C13H14O3. The van der Waals surface area contributed by atoms with E-state index in [0.29, 0.717) is 13.0 Å². The van der Waals surface area contributed by atoms with Crippen LogP contribution in [0.25, 0.3) is 0 Å². The van der Waals surface area contributed by atoms with E-state index in [4.69, 9.17) is 4.74 Å². The molecule has 0 N–H and O–H groups in total. The minimum absolute atomic E-state index is 0.0849. The molecule has 0 bridgehead atoms. The zero-order chi connectivity index (χ0) is 11.5. The normalized spacial score (nSPS) is 22.6. The Morgan fingerprint density at radius 2 is 1.94 bits per heavy atom. The third-order valence-electron chi connectivity index (χ3n) is 2.84. The number of Topliss-reactive ketones (excluding diaryl/α,β-unsaturated/α-hetero) is 1. The summed E-state index contributed by atoms with van der Waals surface area (Å²) in [6.45, 7) is 1.82. The van der Waals surface area contributed by atoms with Gasteiger partial charge in [-0.25, -0.2) is 0 Å². The predicted molar refractivity (Wildman–Crippen MR) is 58.5 cm³/mol. The maximum absolute atomic E-state index is 11.5. The molecule has 2 atom stereocenters. The Hall–Kier alpha value is -1.64. The van der Waals surface area contributed by atoms with Gasteiger partial charge in [-0.15, -0.1) is 0 Å². The fraction of sp³-hybridized carbons (Fsp3) is 0.385. The smallest absolute Gasteiger partial charge is 0.310 e. The number of carbonyl (C=O) groups excluding carboxylic acids is 2. The topological polar surface area (TPSA) is 43.4 Å². The van der Waals surface area contributed by atoms with Gasteiger partial charge in [-0.3, -0.25) is 9.59 Å². The molecule has 1 aliphatic carbocycles. The molecule has 3 nitrogen and oxygen atoms in total. The van der Waals surface area contributed by atoms with Gasteiger partial charge in [-0.2, -0.15) is 0 Å². The van der Waals surface area contributed by atoms with Gasteiger partial charge in [0.2, 0.25) is 0 Å². The van der Waals surface area contributed by atoms with Crippen molar-refractivity contribution in [3.63, 3.8) is 0 Å². The summed E-state index contributed by atoms with van der Waals surface area (Å²) in [5.74, 6) is -0.449. The highest BCUT2D eigenvalue weighted by molar-refractivity contribution is 5.89. The number of rotatable bonds is 4. The lowest BCUT2D eigenvalue weighted by atomic mass is 10.2. The molecule has 2 rings (SSSR count). The first-order valence-corrected chi connectivity index (χ1v) is 5.39. The van der Waals surface area contributed by atoms with Gasteiger partial charge in [0.15, 0.2) is 0 Å². The summed E-state index contributed by atoms with van der Waals surface area (Å²) < 4.78 is 5.14. The van der Waals surface area contributed by atoms with Gasteiger partial charge in [0.05, 0.1) is 5.92 Å². The molecule has 84 valence electrons. The number of hydrogen-bond donors (Lipinski definition) is 0. The Morgan fingerprint density at radius 3 is 2.50 bits per heavy atom.